The summed E-state index contributed by atoms with van der Waals surface area (Å²) in [5.74, 6) is -0.320. The highest BCUT2D eigenvalue weighted by atomic mass is 79.9. The Balaban J connectivity index is 3.07. The highest BCUT2D eigenvalue weighted by molar-refractivity contribution is 9.08. The molecule has 1 aromatic carbocycles. The minimum Gasteiger partial charge on any atom is -0.300 e. The zero-order valence-corrected chi connectivity index (χ0v) is 8.90. The molecule has 0 radical (unpaired) electrons. The Labute approximate surface area is 85.1 Å². The zero-order valence-electron chi connectivity index (χ0n) is 7.31. The van der Waals surface area contributed by atoms with Crippen molar-refractivity contribution in [3.63, 3.8) is 0 Å². The molecule has 0 saturated heterocycles. The van der Waals surface area contributed by atoms with E-state index in [4.69, 9.17) is 0 Å². The second-order valence-electron chi connectivity index (χ2n) is 2.89. The summed E-state index contributed by atoms with van der Waals surface area (Å²) >= 11 is 3.25. The fourth-order valence-corrected chi connectivity index (χ4v) is 1.70. The Kier molecular flexibility index (Phi) is 3.60. The van der Waals surface area contributed by atoms with E-state index < -0.39 is 0 Å². The van der Waals surface area contributed by atoms with Gasteiger partial charge >= 0.3 is 0 Å². The molecule has 1 nitrogen and oxygen atoms in total. The third-order valence-corrected chi connectivity index (χ3v) is 2.39. The van der Waals surface area contributed by atoms with Gasteiger partial charge in [0.05, 0.1) is 0 Å². The number of Topliss-reactive ketones (excluding diaryl/α,β-unsaturated/α-hetero) is 1. The van der Waals surface area contributed by atoms with Crippen molar-refractivity contribution in [2.45, 2.75) is 18.7 Å². The van der Waals surface area contributed by atoms with Crippen molar-refractivity contribution in [1.29, 1.82) is 0 Å². The molecule has 0 fully saturated rings. The predicted octanol–water partition coefficient (Wildman–Crippen LogP) is 2.85. The van der Waals surface area contributed by atoms with Crippen LogP contribution in [0, 0.1) is 5.82 Å². The monoisotopic (exact) mass is 244 g/mol. The summed E-state index contributed by atoms with van der Waals surface area (Å²) in [6, 6.07) is 4.84. The van der Waals surface area contributed by atoms with Crippen LogP contribution >= 0.6 is 15.9 Å². The number of carbonyl (C=O) groups excluding carboxylic acids is 1. The van der Waals surface area contributed by atoms with Crippen molar-refractivity contribution in [2.75, 3.05) is 0 Å². The molecular weight excluding hydrogens is 235 g/mol. The number of halogens is 2. The van der Waals surface area contributed by atoms with E-state index in [0.717, 1.165) is 5.56 Å². The standard InChI is InChI=1S/C10H10BrFO/c1-7(13)5-9-8(6-11)3-2-4-10(9)12/h2-4H,5-6H2,1H3. The van der Waals surface area contributed by atoms with Gasteiger partial charge in [-0.05, 0) is 24.1 Å². The van der Waals surface area contributed by atoms with Crippen LogP contribution in [0.3, 0.4) is 0 Å². The van der Waals surface area contributed by atoms with Gasteiger partial charge in [-0.3, -0.25) is 4.79 Å². The molecule has 0 N–H and O–H groups in total. The third kappa shape index (κ3) is 2.62. The van der Waals surface area contributed by atoms with E-state index in [0.29, 0.717) is 10.9 Å². The van der Waals surface area contributed by atoms with Gasteiger partial charge < -0.3 is 0 Å². The highest BCUT2D eigenvalue weighted by Gasteiger charge is 2.08. The van der Waals surface area contributed by atoms with Crippen molar-refractivity contribution in [3.8, 4) is 0 Å². The first kappa shape index (κ1) is 10.4. The molecule has 0 unspecified atom stereocenters. The van der Waals surface area contributed by atoms with Gasteiger partial charge in [-0.2, -0.15) is 0 Å². The lowest BCUT2D eigenvalue weighted by molar-refractivity contribution is -0.116. The van der Waals surface area contributed by atoms with Gasteiger partial charge in [0.2, 0.25) is 0 Å². The molecule has 70 valence electrons. The van der Waals surface area contributed by atoms with E-state index in [1.807, 2.05) is 6.07 Å². The maximum absolute atomic E-state index is 13.2. The van der Waals surface area contributed by atoms with Gasteiger partial charge in [0.15, 0.2) is 0 Å². The number of hydrogen-bond acceptors (Lipinski definition) is 1. The third-order valence-electron chi connectivity index (χ3n) is 1.79. The quantitative estimate of drug-likeness (QED) is 0.748. The van der Waals surface area contributed by atoms with E-state index in [-0.39, 0.29) is 18.0 Å². The van der Waals surface area contributed by atoms with Crippen LogP contribution in [0.1, 0.15) is 18.1 Å². The molecule has 0 aliphatic heterocycles. The number of benzene rings is 1. The summed E-state index contributed by atoms with van der Waals surface area (Å²) in [7, 11) is 0. The van der Waals surface area contributed by atoms with Gasteiger partial charge in [0.1, 0.15) is 11.6 Å². The second-order valence-corrected chi connectivity index (χ2v) is 3.45. The van der Waals surface area contributed by atoms with Crippen LogP contribution in [-0.2, 0) is 16.5 Å². The lowest BCUT2D eigenvalue weighted by Crippen LogP contribution is -2.02. The molecule has 0 heterocycles. The van der Waals surface area contributed by atoms with Crippen molar-refractivity contribution >= 4 is 21.7 Å². The largest absolute Gasteiger partial charge is 0.300 e. The van der Waals surface area contributed by atoms with E-state index in [2.05, 4.69) is 15.9 Å². The second kappa shape index (κ2) is 4.51. The first-order valence-electron chi connectivity index (χ1n) is 3.97. The van der Waals surface area contributed by atoms with Crippen LogP contribution < -0.4 is 0 Å². The number of carbonyl (C=O) groups is 1. The lowest BCUT2D eigenvalue weighted by atomic mass is 10.0. The van der Waals surface area contributed by atoms with E-state index >= 15 is 0 Å². The molecule has 0 amide bonds. The molecule has 0 aliphatic rings. The minimum atomic E-state index is -0.299. The Morgan fingerprint density at radius 3 is 2.77 bits per heavy atom. The topological polar surface area (TPSA) is 17.1 Å². The van der Waals surface area contributed by atoms with Crippen molar-refractivity contribution in [2.24, 2.45) is 0 Å². The van der Waals surface area contributed by atoms with Crippen LogP contribution in [0.5, 0.6) is 0 Å². The molecular formula is C10H10BrFO. The molecule has 0 bridgehead atoms. The molecule has 0 saturated carbocycles. The van der Waals surface area contributed by atoms with Crippen LogP contribution in [0.4, 0.5) is 4.39 Å². The van der Waals surface area contributed by atoms with Gasteiger partial charge in [0, 0.05) is 11.8 Å². The van der Waals surface area contributed by atoms with Crippen LogP contribution in [0.2, 0.25) is 0 Å². The molecule has 0 aromatic heterocycles. The average molecular weight is 245 g/mol. The van der Waals surface area contributed by atoms with Gasteiger partial charge in [-0.1, -0.05) is 28.1 Å². The molecule has 0 aliphatic carbocycles. The number of alkyl halides is 1. The fraction of sp³-hybridized carbons (Fsp3) is 0.300. The van der Waals surface area contributed by atoms with E-state index in [9.17, 15) is 9.18 Å². The smallest absolute Gasteiger partial charge is 0.134 e. The van der Waals surface area contributed by atoms with Crippen molar-refractivity contribution in [1.82, 2.24) is 0 Å². The summed E-state index contributed by atoms with van der Waals surface area (Å²) < 4.78 is 13.2. The molecule has 13 heavy (non-hydrogen) atoms. The fourth-order valence-electron chi connectivity index (χ4n) is 1.18. The van der Waals surface area contributed by atoms with Crippen molar-refractivity contribution < 1.29 is 9.18 Å². The molecule has 1 aromatic rings. The first-order chi connectivity index (χ1) is 6.15. The maximum Gasteiger partial charge on any atom is 0.134 e. The van der Waals surface area contributed by atoms with Crippen molar-refractivity contribution in [3.05, 3.63) is 35.1 Å². The highest BCUT2D eigenvalue weighted by Crippen LogP contribution is 2.17. The summed E-state index contributed by atoms with van der Waals surface area (Å²) in [5.41, 5.74) is 1.35. The first-order valence-corrected chi connectivity index (χ1v) is 5.09. The summed E-state index contributed by atoms with van der Waals surface area (Å²) in [4.78, 5) is 10.9. The molecule has 0 spiro atoms. The van der Waals surface area contributed by atoms with E-state index in [1.165, 1.54) is 13.0 Å². The van der Waals surface area contributed by atoms with Gasteiger partial charge in [-0.15, -0.1) is 0 Å². The Morgan fingerprint density at radius 2 is 2.23 bits per heavy atom. The van der Waals surface area contributed by atoms with Gasteiger partial charge in [-0.25, -0.2) is 4.39 Å². The van der Waals surface area contributed by atoms with Crippen LogP contribution in [0.25, 0.3) is 0 Å². The predicted molar refractivity (Wildman–Crippen MR) is 53.4 cm³/mol. The molecule has 3 heteroatoms. The zero-order chi connectivity index (χ0) is 9.84. The number of ketones is 1. The Morgan fingerprint density at radius 1 is 1.54 bits per heavy atom. The minimum absolute atomic E-state index is 0.0210. The van der Waals surface area contributed by atoms with Crippen LogP contribution in [-0.4, -0.2) is 5.78 Å². The summed E-state index contributed by atoms with van der Waals surface area (Å²) in [6.07, 6.45) is 0.174. The average Bonchev–Trinajstić information content (AvgIpc) is 2.08. The van der Waals surface area contributed by atoms with Crippen LogP contribution in [0.15, 0.2) is 18.2 Å². The number of rotatable bonds is 3. The summed E-state index contributed by atoms with van der Waals surface area (Å²) in [6.45, 7) is 1.46. The Hall–Kier alpha value is -0.700. The lowest BCUT2D eigenvalue weighted by Gasteiger charge is -2.05. The van der Waals surface area contributed by atoms with Gasteiger partial charge in [0.25, 0.3) is 0 Å². The normalized spacial score (nSPS) is 10.1. The summed E-state index contributed by atoms with van der Waals surface area (Å²) in [5, 5.41) is 0.577. The Bertz CT molecular complexity index is 323. The number of hydrogen-bond donors (Lipinski definition) is 0. The van der Waals surface area contributed by atoms with E-state index in [1.54, 1.807) is 6.07 Å². The molecule has 0 atom stereocenters. The maximum atomic E-state index is 13.2. The molecule has 1 rings (SSSR count). The SMILES string of the molecule is CC(=O)Cc1c(F)cccc1CBr.